The molecule has 0 radical (unpaired) electrons. The lowest BCUT2D eigenvalue weighted by Gasteiger charge is -2.13. The molecule has 1 rings (SSSR count). The Morgan fingerprint density at radius 1 is 1.53 bits per heavy atom. The summed E-state index contributed by atoms with van der Waals surface area (Å²) < 4.78 is 0.856. The maximum absolute atomic E-state index is 11.5. The minimum Gasteiger partial charge on any atom is -0.476 e. The number of rotatable bonds is 4. The van der Waals surface area contributed by atoms with Crippen LogP contribution in [0.15, 0.2) is 16.9 Å². The van der Waals surface area contributed by atoms with Crippen molar-refractivity contribution >= 4 is 11.9 Å². The Balaban J connectivity index is 3.12. The van der Waals surface area contributed by atoms with Crippen molar-refractivity contribution in [2.24, 2.45) is 0 Å². The third kappa shape index (κ3) is 2.90. The third-order valence-electron chi connectivity index (χ3n) is 2.14. The molecule has 17 heavy (non-hydrogen) atoms. The van der Waals surface area contributed by atoms with Crippen LogP contribution in [-0.4, -0.2) is 33.3 Å². The van der Waals surface area contributed by atoms with Crippen molar-refractivity contribution in [2.75, 3.05) is 6.54 Å². The van der Waals surface area contributed by atoms with Crippen LogP contribution in [0.5, 0.6) is 0 Å². The molecule has 1 heterocycles. The minimum absolute atomic E-state index is 0.277. The molecule has 92 valence electrons. The highest BCUT2D eigenvalue weighted by atomic mass is 16.4. The molecule has 1 aromatic heterocycles. The van der Waals surface area contributed by atoms with E-state index in [2.05, 4.69) is 10.4 Å². The molecule has 7 heteroatoms. The van der Waals surface area contributed by atoms with E-state index in [0.29, 0.717) is 6.54 Å². The first kappa shape index (κ1) is 12.9. The van der Waals surface area contributed by atoms with Crippen molar-refractivity contribution < 1.29 is 14.7 Å². The maximum atomic E-state index is 11.5. The van der Waals surface area contributed by atoms with Crippen LogP contribution >= 0.6 is 0 Å². The average molecular weight is 239 g/mol. The highest BCUT2D eigenvalue weighted by molar-refractivity contribution is 5.85. The molecule has 0 saturated carbocycles. The first-order valence-corrected chi connectivity index (χ1v) is 5.08. The highest BCUT2D eigenvalue weighted by Crippen LogP contribution is 2.01. The van der Waals surface area contributed by atoms with E-state index >= 15 is 0 Å². The summed E-state index contributed by atoms with van der Waals surface area (Å²) in [6.45, 7) is 3.65. The molecule has 1 atom stereocenters. The lowest BCUT2D eigenvalue weighted by Crippen LogP contribution is -2.37. The first-order chi connectivity index (χ1) is 7.97. The number of amides is 1. The molecule has 1 aromatic rings. The number of nitrogens with one attached hydrogen (secondary N) is 1. The summed E-state index contributed by atoms with van der Waals surface area (Å²) in [5.41, 5.74) is -0.797. The lowest BCUT2D eigenvalue weighted by molar-refractivity contribution is -0.124. The second-order valence-electron chi connectivity index (χ2n) is 3.38. The van der Waals surface area contributed by atoms with E-state index in [9.17, 15) is 14.4 Å². The summed E-state index contributed by atoms with van der Waals surface area (Å²) in [6.07, 6.45) is 0. The SMILES string of the molecule is CCNC(=O)C(C)n1nc(C(=O)O)ccc1=O. The maximum Gasteiger partial charge on any atom is 0.356 e. The fourth-order valence-electron chi connectivity index (χ4n) is 1.25. The van der Waals surface area contributed by atoms with Crippen LogP contribution in [0.25, 0.3) is 0 Å². The van der Waals surface area contributed by atoms with Crippen LogP contribution in [0.2, 0.25) is 0 Å². The van der Waals surface area contributed by atoms with Gasteiger partial charge in [-0.25, -0.2) is 9.48 Å². The van der Waals surface area contributed by atoms with Crippen LogP contribution in [-0.2, 0) is 4.79 Å². The quantitative estimate of drug-likeness (QED) is 0.747. The molecule has 0 spiro atoms. The van der Waals surface area contributed by atoms with E-state index in [4.69, 9.17) is 5.11 Å². The Morgan fingerprint density at radius 2 is 2.18 bits per heavy atom. The van der Waals surface area contributed by atoms with Crippen molar-refractivity contribution in [1.82, 2.24) is 15.1 Å². The van der Waals surface area contributed by atoms with Gasteiger partial charge in [0.25, 0.3) is 5.56 Å². The lowest BCUT2D eigenvalue weighted by atomic mass is 10.3. The van der Waals surface area contributed by atoms with Gasteiger partial charge in [-0.1, -0.05) is 0 Å². The largest absolute Gasteiger partial charge is 0.476 e. The Kier molecular flexibility index (Phi) is 3.97. The summed E-state index contributed by atoms with van der Waals surface area (Å²) in [7, 11) is 0. The molecule has 0 bridgehead atoms. The van der Waals surface area contributed by atoms with Crippen LogP contribution in [0.4, 0.5) is 0 Å². The molecule has 0 aliphatic rings. The predicted octanol–water partition coefficient (Wildman–Crippen LogP) is -0.361. The number of carbonyl (C=O) groups excluding carboxylic acids is 1. The molecule has 1 amide bonds. The van der Waals surface area contributed by atoms with E-state index in [1.807, 2.05) is 0 Å². The van der Waals surface area contributed by atoms with E-state index in [1.54, 1.807) is 6.92 Å². The van der Waals surface area contributed by atoms with Crippen LogP contribution in [0.1, 0.15) is 30.4 Å². The minimum atomic E-state index is -1.25. The normalized spacial score (nSPS) is 11.9. The number of likely N-dealkylation sites (N-methyl/N-ethyl adjacent to an activating group) is 1. The standard InChI is InChI=1S/C10H13N3O4/c1-3-11-9(15)6(2)13-8(14)5-4-7(12-13)10(16)17/h4-6H,3H2,1-2H3,(H,11,15)(H,16,17). The smallest absolute Gasteiger partial charge is 0.356 e. The molecular weight excluding hydrogens is 226 g/mol. The Morgan fingerprint density at radius 3 is 2.71 bits per heavy atom. The van der Waals surface area contributed by atoms with Gasteiger partial charge >= 0.3 is 5.97 Å². The molecule has 7 nitrogen and oxygen atoms in total. The molecule has 2 N–H and O–H groups in total. The second kappa shape index (κ2) is 5.24. The van der Waals surface area contributed by atoms with Crippen molar-refractivity contribution in [3.63, 3.8) is 0 Å². The topological polar surface area (TPSA) is 101 Å². The van der Waals surface area contributed by atoms with Gasteiger partial charge in [-0.3, -0.25) is 9.59 Å². The number of hydrogen-bond acceptors (Lipinski definition) is 4. The van der Waals surface area contributed by atoms with Gasteiger partial charge in [-0.05, 0) is 19.9 Å². The summed E-state index contributed by atoms with van der Waals surface area (Å²) in [5, 5.41) is 14.9. The van der Waals surface area contributed by atoms with Crippen molar-refractivity contribution in [1.29, 1.82) is 0 Å². The van der Waals surface area contributed by atoms with Gasteiger partial charge in [0.2, 0.25) is 5.91 Å². The fraction of sp³-hybridized carbons (Fsp3) is 0.400. The van der Waals surface area contributed by atoms with Gasteiger partial charge < -0.3 is 10.4 Å². The summed E-state index contributed by atoms with van der Waals surface area (Å²) in [6, 6.07) is 1.33. The van der Waals surface area contributed by atoms with E-state index in [-0.39, 0.29) is 11.6 Å². The predicted molar refractivity (Wildman–Crippen MR) is 58.9 cm³/mol. The molecule has 0 saturated heterocycles. The first-order valence-electron chi connectivity index (χ1n) is 5.08. The summed E-state index contributed by atoms with van der Waals surface area (Å²) >= 11 is 0. The van der Waals surface area contributed by atoms with Gasteiger partial charge in [-0.2, -0.15) is 5.10 Å². The summed E-state index contributed by atoms with van der Waals surface area (Å²) in [4.78, 5) is 33.7. The number of aromatic nitrogens is 2. The Labute approximate surface area is 97.1 Å². The number of aromatic carboxylic acids is 1. The number of carboxylic acid groups (broad SMARTS) is 1. The zero-order chi connectivity index (χ0) is 13.0. The Hall–Kier alpha value is -2.18. The molecule has 0 aliphatic heterocycles. The van der Waals surface area contributed by atoms with Crippen molar-refractivity contribution in [2.45, 2.75) is 19.9 Å². The fourth-order valence-corrected chi connectivity index (χ4v) is 1.25. The van der Waals surface area contributed by atoms with Crippen LogP contribution < -0.4 is 10.9 Å². The van der Waals surface area contributed by atoms with Crippen molar-refractivity contribution in [3.8, 4) is 0 Å². The zero-order valence-electron chi connectivity index (χ0n) is 9.51. The highest BCUT2D eigenvalue weighted by Gasteiger charge is 2.18. The van der Waals surface area contributed by atoms with Gasteiger partial charge in [0.1, 0.15) is 6.04 Å². The van der Waals surface area contributed by atoms with E-state index < -0.39 is 17.6 Å². The molecule has 1 unspecified atom stereocenters. The van der Waals surface area contributed by atoms with Gasteiger partial charge in [-0.15, -0.1) is 0 Å². The van der Waals surface area contributed by atoms with Crippen molar-refractivity contribution in [3.05, 3.63) is 28.2 Å². The zero-order valence-corrected chi connectivity index (χ0v) is 9.51. The number of carbonyl (C=O) groups is 2. The number of hydrogen-bond donors (Lipinski definition) is 2. The third-order valence-corrected chi connectivity index (χ3v) is 2.14. The van der Waals surface area contributed by atoms with Crippen LogP contribution in [0.3, 0.4) is 0 Å². The number of nitrogens with zero attached hydrogens (tertiary/aromatic N) is 2. The van der Waals surface area contributed by atoms with Gasteiger partial charge in [0.15, 0.2) is 5.69 Å². The Bertz CT molecular complexity index is 495. The average Bonchev–Trinajstić information content (AvgIpc) is 2.28. The second-order valence-corrected chi connectivity index (χ2v) is 3.38. The monoisotopic (exact) mass is 239 g/mol. The van der Waals surface area contributed by atoms with Crippen LogP contribution in [0, 0.1) is 0 Å². The summed E-state index contributed by atoms with van der Waals surface area (Å²) in [5.74, 6) is -1.63. The molecule has 0 aromatic carbocycles. The number of carboxylic acids is 1. The van der Waals surface area contributed by atoms with Gasteiger partial charge in [0.05, 0.1) is 0 Å². The molecule has 0 aliphatic carbocycles. The molecular formula is C10H13N3O4. The van der Waals surface area contributed by atoms with Gasteiger partial charge in [0, 0.05) is 12.6 Å². The van der Waals surface area contributed by atoms with E-state index in [1.165, 1.54) is 6.92 Å². The molecule has 0 fully saturated rings. The van der Waals surface area contributed by atoms with E-state index in [0.717, 1.165) is 16.8 Å².